The molecule has 2 atom stereocenters. The van der Waals surface area contributed by atoms with Crippen LogP contribution in [0.25, 0.3) is 22.3 Å². The molecule has 0 radical (unpaired) electrons. The zero-order valence-electron chi connectivity index (χ0n) is 18.8. The lowest BCUT2D eigenvalue weighted by atomic mass is 10.1. The van der Waals surface area contributed by atoms with Crippen LogP contribution in [0.5, 0.6) is 0 Å². The Bertz CT molecular complexity index is 1250. The normalized spacial score (nSPS) is 16.8. The molecule has 2 unspecified atom stereocenters. The molecule has 1 aliphatic rings. The van der Waals surface area contributed by atoms with Crippen LogP contribution in [0.1, 0.15) is 19.8 Å². The average Bonchev–Trinajstić information content (AvgIpc) is 3.60. The molecule has 33 heavy (non-hydrogen) atoms. The van der Waals surface area contributed by atoms with Crippen LogP contribution in [0.2, 0.25) is 0 Å². The molecule has 1 amide bonds. The number of ether oxygens (including phenoxy) is 1. The number of hydrogen-bond acceptors (Lipinski definition) is 5. The maximum absolute atomic E-state index is 13.1. The lowest BCUT2D eigenvalue weighted by Crippen LogP contribution is -2.33. The van der Waals surface area contributed by atoms with Crippen molar-refractivity contribution < 1.29 is 9.53 Å². The fourth-order valence-electron chi connectivity index (χ4n) is 4.25. The number of para-hydroxylation sites is 2. The monoisotopic (exact) mass is 461 g/mol. The average molecular weight is 462 g/mol. The third kappa shape index (κ3) is 4.41. The molecule has 1 N–H and O–H groups in total. The fourth-order valence-corrected chi connectivity index (χ4v) is 5.20. The van der Waals surface area contributed by atoms with Gasteiger partial charge in [0.25, 0.3) is 0 Å². The standard InChI is InChI=1S/C25H27N5O2S/c1-17(24(31)29(2)18-9-4-3-5-10-18)33-25-28-27-23(30(25)16-19-11-8-14-32-19)21-15-26-22-13-7-6-12-20(21)22/h3-7,9-10,12-13,15,17,19,26H,8,11,14,16H2,1-2H3. The van der Waals surface area contributed by atoms with Crippen molar-refractivity contribution in [3.8, 4) is 11.4 Å². The number of carbonyl (C=O) groups is 1. The summed E-state index contributed by atoms with van der Waals surface area (Å²) in [5, 5.41) is 10.6. The van der Waals surface area contributed by atoms with Gasteiger partial charge in [-0.15, -0.1) is 10.2 Å². The highest BCUT2D eigenvalue weighted by atomic mass is 32.2. The molecule has 1 aliphatic heterocycles. The number of fused-ring (bicyclic) bond motifs is 1. The van der Waals surface area contributed by atoms with Gasteiger partial charge in [0.1, 0.15) is 0 Å². The van der Waals surface area contributed by atoms with E-state index >= 15 is 0 Å². The number of nitrogens with one attached hydrogen (secondary N) is 1. The highest BCUT2D eigenvalue weighted by Crippen LogP contribution is 2.33. The van der Waals surface area contributed by atoms with E-state index in [-0.39, 0.29) is 17.3 Å². The number of rotatable bonds is 7. The molecule has 0 spiro atoms. The number of anilines is 1. The summed E-state index contributed by atoms with van der Waals surface area (Å²) in [7, 11) is 1.81. The molecule has 3 heterocycles. The number of aromatic nitrogens is 4. The molecular formula is C25H27N5O2S. The lowest BCUT2D eigenvalue weighted by molar-refractivity contribution is -0.117. The highest BCUT2D eigenvalue weighted by molar-refractivity contribution is 8.00. The maximum Gasteiger partial charge on any atom is 0.240 e. The van der Waals surface area contributed by atoms with Crippen molar-refractivity contribution in [2.24, 2.45) is 0 Å². The number of hydrogen-bond donors (Lipinski definition) is 1. The number of aromatic amines is 1. The second kappa shape index (κ2) is 9.41. The minimum atomic E-state index is -0.321. The van der Waals surface area contributed by atoms with E-state index in [4.69, 9.17) is 4.74 Å². The van der Waals surface area contributed by atoms with Gasteiger partial charge in [-0.2, -0.15) is 0 Å². The van der Waals surface area contributed by atoms with Gasteiger partial charge in [-0.05, 0) is 38.0 Å². The van der Waals surface area contributed by atoms with Gasteiger partial charge in [0.05, 0.1) is 17.9 Å². The minimum Gasteiger partial charge on any atom is -0.376 e. The second-order valence-corrected chi connectivity index (χ2v) is 9.60. The predicted octanol–water partition coefficient (Wildman–Crippen LogP) is 4.75. The van der Waals surface area contributed by atoms with Crippen molar-refractivity contribution in [1.82, 2.24) is 19.7 Å². The van der Waals surface area contributed by atoms with Crippen LogP contribution in [0.4, 0.5) is 5.69 Å². The number of nitrogens with zero attached hydrogens (tertiary/aromatic N) is 4. The highest BCUT2D eigenvalue weighted by Gasteiger charge is 2.27. The largest absolute Gasteiger partial charge is 0.376 e. The van der Waals surface area contributed by atoms with Gasteiger partial charge in [-0.25, -0.2) is 0 Å². The Morgan fingerprint density at radius 2 is 2.00 bits per heavy atom. The zero-order chi connectivity index (χ0) is 22.8. The molecule has 1 fully saturated rings. The minimum absolute atomic E-state index is 0.0199. The van der Waals surface area contributed by atoms with Gasteiger partial charge in [-0.3, -0.25) is 9.36 Å². The SMILES string of the molecule is CC(Sc1nnc(-c2c[nH]c3ccccc23)n1CC1CCCO1)C(=O)N(C)c1ccccc1. The van der Waals surface area contributed by atoms with E-state index in [1.807, 2.05) is 62.6 Å². The first-order valence-electron chi connectivity index (χ1n) is 11.2. The van der Waals surface area contributed by atoms with Gasteiger partial charge in [0.15, 0.2) is 11.0 Å². The molecule has 8 heteroatoms. The maximum atomic E-state index is 13.1. The van der Waals surface area contributed by atoms with Crippen LogP contribution in [0.15, 0.2) is 66.0 Å². The Morgan fingerprint density at radius 3 is 2.79 bits per heavy atom. The summed E-state index contributed by atoms with van der Waals surface area (Å²) >= 11 is 1.44. The summed E-state index contributed by atoms with van der Waals surface area (Å²) < 4.78 is 8.03. The molecule has 4 aromatic rings. The van der Waals surface area contributed by atoms with Crippen molar-refractivity contribution in [3.63, 3.8) is 0 Å². The van der Waals surface area contributed by atoms with Crippen LogP contribution in [0, 0.1) is 0 Å². The van der Waals surface area contributed by atoms with Crippen molar-refractivity contribution in [2.45, 2.75) is 42.8 Å². The van der Waals surface area contributed by atoms with Crippen molar-refractivity contribution in [1.29, 1.82) is 0 Å². The molecule has 5 rings (SSSR count). The van der Waals surface area contributed by atoms with Crippen molar-refractivity contribution in [2.75, 3.05) is 18.6 Å². The first-order valence-corrected chi connectivity index (χ1v) is 12.1. The number of benzene rings is 2. The van der Waals surface area contributed by atoms with E-state index in [0.29, 0.717) is 6.54 Å². The zero-order valence-corrected chi connectivity index (χ0v) is 19.6. The second-order valence-electron chi connectivity index (χ2n) is 8.29. The smallest absolute Gasteiger partial charge is 0.240 e. The predicted molar refractivity (Wildman–Crippen MR) is 131 cm³/mol. The lowest BCUT2D eigenvalue weighted by Gasteiger charge is -2.21. The van der Waals surface area contributed by atoms with Crippen LogP contribution < -0.4 is 4.90 Å². The number of H-pyrrole nitrogens is 1. The van der Waals surface area contributed by atoms with E-state index in [9.17, 15) is 4.79 Å². The molecular weight excluding hydrogens is 434 g/mol. The summed E-state index contributed by atoms with van der Waals surface area (Å²) in [5.74, 6) is 0.813. The summed E-state index contributed by atoms with van der Waals surface area (Å²) in [4.78, 5) is 18.2. The molecule has 7 nitrogen and oxygen atoms in total. The molecule has 1 saturated heterocycles. The summed E-state index contributed by atoms with van der Waals surface area (Å²) in [6.45, 7) is 3.37. The van der Waals surface area contributed by atoms with Gasteiger partial charge >= 0.3 is 0 Å². The Hall–Kier alpha value is -3.10. The molecule has 0 saturated carbocycles. The Kier molecular flexibility index (Phi) is 6.20. The summed E-state index contributed by atoms with van der Waals surface area (Å²) in [6, 6.07) is 17.9. The molecule has 0 aliphatic carbocycles. The van der Waals surface area contributed by atoms with E-state index in [1.165, 1.54) is 11.8 Å². The van der Waals surface area contributed by atoms with Gasteiger partial charge in [0, 0.05) is 42.0 Å². The first-order chi connectivity index (χ1) is 16.1. The van der Waals surface area contributed by atoms with Crippen LogP contribution >= 0.6 is 11.8 Å². The summed E-state index contributed by atoms with van der Waals surface area (Å²) in [5.41, 5.74) is 2.93. The van der Waals surface area contributed by atoms with Gasteiger partial charge < -0.3 is 14.6 Å². The quantitative estimate of drug-likeness (QED) is 0.402. The Balaban J connectivity index is 1.45. The Labute approximate surface area is 197 Å². The van der Waals surface area contributed by atoms with E-state index in [1.54, 1.807) is 4.90 Å². The molecule has 0 bridgehead atoms. The third-order valence-corrected chi connectivity index (χ3v) is 7.13. The van der Waals surface area contributed by atoms with Crippen LogP contribution in [0.3, 0.4) is 0 Å². The number of carbonyl (C=O) groups excluding carboxylic acids is 1. The van der Waals surface area contributed by atoms with Crippen LogP contribution in [-0.2, 0) is 16.1 Å². The van der Waals surface area contributed by atoms with Gasteiger partial charge in [0.2, 0.25) is 5.91 Å². The van der Waals surface area contributed by atoms with Crippen LogP contribution in [-0.4, -0.2) is 50.7 Å². The van der Waals surface area contributed by atoms with Gasteiger partial charge in [-0.1, -0.05) is 48.2 Å². The number of thioether (sulfide) groups is 1. The van der Waals surface area contributed by atoms with E-state index < -0.39 is 0 Å². The fraction of sp³-hybridized carbons (Fsp3) is 0.320. The number of amides is 1. The first kappa shape index (κ1) is 21.7. The molecule has 2 aromatic heterocycles. The van der Waals surface area contributed by atoms with E-state index in [2.05, 4.69) is 31.9 Å². The Morgan fingerprint density at radius 1 is 1.21 bits per heavy atom. The molecule has 2 aromatic carbocycles. The summed E-state index contributed by atoms with van der Waals surface area (Å²) in [6.07, 6.45) is 4.18. The van der Waals surface area contributed by atoms with E-state index in [0.717, 1.165) is 52.6 Å². The molecule has 170 valence electrons. The third-order valence-electron chi connectivity index (χ3n) is 6.06. The van der Waals surface area contributed by atoms with Crippen molar-refractivity contribution in [3.05, 3.63) is 60.8 Å². The topological polar surface area (TPSA) is 76.0 Å². The van der Waals surface area contributed by atoms with Crippen molar-refractivity contribution >= 4 is 34.3 Å².